The number of amides is 2. The number of nitrogens with zero attached hydrogens (tertiary/aromatic N) is 2. The van der Waals surface area contributed by atoms with Crippen LogP contribution in [0.1, 0.15) is 60.9 Å². The number of hydrogen-bond donors (Lipinski definition) is 1. The van der Waals surface area contributed by atoms with Gasteiger partial charge in [-0.3, -0.25) is 14.5 Å². The lowest BCUT2D eigenvalue weighted by atomic mass is 9.69. The highest BCUT2D eigenvalue weighted by atomic mass is 16.5. The average molecular weight is 520 g/mol. The summed E-state index contributed by atoms with van der Waals surface area (Å²) in [5.41, 5.74) is 1.65. The zero-order valence-electron chi connectivity index (χ0n) is 22.7. The Bertz CT molecular complexity index is 1110. The van der Waals surface area contributed by atoms with Crippen molar-refractivity contribution in [3.05, 3.63) is 59.7 Å². The van der Waals surface area contributed by atoms with Crippen molar-refractivity contribution in [3.63, 3.8) is 0 Å². The molecule has 0 radical (unpaired) electrons. The fourth-order valence-electron chi connectivity index (χ4n) is 7.12. The molecular weight excluding hydrogens is 478 g/mol. The Morgan fingerprint density at radius 2 is 1.79 bits per heavy atom. The van der Waals surface area contributed by atoms with Gasteiger partial charge in [-0.1, -0.05) is 18.2 Å². The maximum atomic E-state index is 13.7. The molecular formula is C31H41N3O4. The number of piperidine rings is 3. The van der Waals surface area contributed by atoms with Crippen molar-refractivity contribution in [2.75, 3.05) is 33.9 Å². The number of carbonyl (C=O) groups is 2. The van der Waals surface area contributed by atoms with Crippen LogP contribution in [0.4, 0.5) is 0 Å². The molecule has 2 aromatic carbocycles. The number of likely N-dealkylation sites (tertiary alicyclic amines) is 1. The molecule has 5 rings (SSSR count). The monoisotopic (exact) mass is 519 g/mol. The molecule has 3 fully saturated rings. The molecule has 3 saturated heterocycles. The van der Waals surface area contributed by atoms with E-state index >= 15 is 0 Å². The highest BCUT2D eigenvalue weighted by Gasteiger charge is 2.49. The van der Waals surface area contributed by atoms with Crippen molar-refractivity contribution in [2.24, 2.45) is 11.8 Å². The third kappa shape index (κ3) is 5.68. The lowest BCUT2D eigenvalue weighted by Crippen LogP contribution is -2.65. The predicted molar refractivity (Wildman–Crippen MR) is 147 cm³/mol. The molecule has 3 aliphatic rings. The normalized spacial score (nSPS) is 24.8. The van der Waals surface area contributed by atoms with E-state index in [1.807, 2.05) is 48.5 Å². The van der Waals surface area contributed by atoms with Gasteiger partial charge < -0.3 is 19.7 Å². The third-order valence-corrected chi connectivity index (χ3v) is 8.82. The minimum Gasteiger partial charge on any atom is -0.497 e. The summed E-state index contributed by atoms with van der Waals surface area (Å²) >= 11 is 0. The standard InChI is InChI=1S/C31H41N3O4/c1-37-25-15-16-28(38-2)24(19-25)20-32-29(35)14-6-13-27-26-12-8-18-33-17-7-11-23(30(26)33)21-34(27)31(36)22-9-4-3-5-10-22/h3-5,9-10,15-16,19,23,26-27,30H,6-8,11-14,17-18,20-21H2,1-2H3,(H,32,35)/t23-,26+,27+,30-/m0/s1. The first kappa shape index (κ1) is 26.5. The first-order chi connectivity index (χ1) is 18.6. The largest absolute Gasteiger partial charge is 0.497 e. The number of ether oxygens (including phenoxy) is 2. The summed E-state index contributed by atoms with van der Waals surface area (Å²) in [5, 5.41) is 3.05. The summed E-state index contributed by atoms with van der Waals surface area (Å²) in [6.07, 6.45) is 6.86. The van der Waals surface area contributed by atoms with Crippen LogP contribution >= 0.6 is 0 Å². The summed E-state index contributed by atoms with van der Waals surface area (Å²) in [4.78, 5) is 31.4. The van der Waals surface area contributed by atoms with Crippen LogP contribution in [0.25, 0.3) is 0 Å². The Balaban J connectivity index is 1.24. The Hall–Kier alpha value is -3.06. The summed E-state index contributed by atoms with van der Waals surface area (Å²) in [5.74, 6) is 2.67. The number of rotatable bonds is 9. The average Bonchev–Trinajstić information content (AvgIpc) is 2.97. The van der Waals surface area contributed by atoms with Gasteiger partial charge in [0, 0.05) is 42.7 Å². The molecule has 0 unspecified atom stereocenters. The smallest absolute Gasteiger partial charge is 0.254 e. The van der Waals surface area contributed by atoms with Crippen LogP contribution in [0.5, 0.6) is 11.5 Å². The molecule has 7 heteroatoms. The molecule has 2 amide bonds. The summed E-state index contributed by atoms with van der Waals surface area (Å²) in [6.45, 7) is 3.60. The molecule has 0 aliphatic carbocycles. The highest BCUT2D eigenvalue weighted by Crippen LogP contribution is 2.43. The van der Waals surface area contributed by atoms with Gasteiger partial charge >= 0.3 is 0 Å². The molecule has 3 aliphatic heterocycles. The lowest BCUT2D eigenvalue weighted by Gasteiger charge is -2.57. The Morgan fingerprint density at radius 1 is 1.00 bits per heavy atom. The SMILES string of the molecule is COc1ccc(OC)c(CNC(=O)CCC[C@@H]2[C@H]3CCCN4CCC[C@@H](CN2C(=O)c2ccccc2)[C@@H]34)c1. The van der Waals surface area contributed by atoms with Crippen LogP contribution < -0.4 is 14.8 Å². The van der Waals surface area contributed by atoms with Crippen LogP contribution in [0, 0.1) is 11.8 Å². The fourth-order valence-corrected chi connectivity index (χ4v) is 7.12. The van der Waals surface area contributed by atoms with E-state index in [0.29, 0.717) is 30.8 Å². The van der Waals surface area contributed by atoms with E-state index in [1.54, 1.807) is 14.2 Å². The van der Waals surface area contributed by atoms with E-state index in [2.05, 4.69) is 15.1 Å². The number of carbonyl (C=O) groups excluding carboxylic acids is 2. The van der Waals surface area contributed by atoms with Crippen molar-refractivity contribution in [3.8, 4) is 11.5 Å². The van der Waals surface area contributed by atoms with Crippen molar-refractivity contribution in [1.82, 2.24) is 15.1 Å². The van der Waals surface area contributed by atoms with Gasteiger partial charge in [0.25, 0.3) is 5.91 Å². The number of nitrogens with one attached hydrogen (secondary N) is 1. The van der Waals surface area contributed by atoms with Gasteiger partial charge in [0.1, 0.15) is 11.5 Å². The molecule has 0 saturated carbocycles. The van der Waals surface area contributed by atoms with Crippen LogP contribution in [0.3, 0.4) is 0 Å². The number of hydrogen-bond acceptors (Lipinski definition) is 5. The Kier molecular flexibility index (Phi) is 8.52. The number of methoxy groups -OCH3 is 2. The highest BCUT2D eigenvalue weighted by molar-refractivity contribution is 5.94. The predicted octanol–water partition coefficient (Wildman–Crippen LogP) is 4.51. The van der Waals surface area contributed by atoms with Crippen LogP contribution in [0.2, 0.25) is 0 Å². The van der Waals surface area contributed by atoms with Gasteiger partial charge in [-0.25, -0.2) is 0 Å². The maximum Gasteiger partial charge on any atom is 0.254 e. The second kappa shape index (κ2) is 12.2. The molecule has 204 valence electrons. The molecule has 3 heterocycles. The fraction of sp³-hybridized carbons (Fsp3) is 0.548. The van der Waals surface area contributed by atoms with Crippen molar-refractivity contribution in [1.29, 1.82) is 0 Å². The van der Waals surface area contributed by atoms with Gasteiger partial charge in [0.2, 0.25) is 5.91 Å². The second-order valence-electron chi connectivity index (χ2n) is 11.0. The van der Waals surface area contributed by atoms with Crippen LogP contribution in [-0.2, 0) is 11.3 Å². The van der Waals surface area contributed by atoms with Gasteiger partial charge in [0.15, 0.2) is 0 Å². The summed E-state index contributed by atoms with van der Waals surface area (Å²) in [6, 6.07) is 16.1. The Labute approximate surface area is 226 Å². The molecule has 4 atom stereocenters. The van der Waals surface area contributed by atoms with Gasteiger partial charge in [-0.2, -0.15) is 0 Å². The van der Waals surface area contributed by atoms with E-state index in [0.717, 1.165) is 42.0 Å². The van der Waals surface area contributed by atoms with E-state index in [-0.39, 0.29) is 17.9 Å². The Morgan fingerprint density at radius 3 is 2.55 bits per heavy atom. The molecule has 0 aromatic heterocycles. The van der Waals surface area contributed by atoms with Crippen LogP contribution in [0.15, 0.2) is 48.5 Å². The molecule has 7 nitrogen and oxygen atoms in total. The molecule has 0 spiro atoms. The van der Waals surface area contributed by atoms with Gasteiger partial charge in [-0.05, 0) is 93.8 Å². The van der Waals surface area contributed by atoms with Crippen molar-refractivity contribution >= 4 is 11.8 Å². The maximum absolute atomic E-state index is 13.7. The lowest BCUT2D eigenvalue weighted by molar-refractivity contribution is -0.121. The minimum absolute atomic E-state index is 0.0208. The molecule has 0 bridgehead atoms. The third-order valence-electron chi connectivity index (χ3n) is 8.82. The van der Waals surface area contributed by atoms with Crippen molar-refractivity contribution in [2.45, 2.75) is 63.6 Å². The van der Waals surface area contributed by atoms with E-state index in [4.69, 9.17) is 9.47 Å². The molecule has 38 heavy (non-hydrogen) atoms. The first-order valence-electron chi connectivity index (χ1n) is 14.2. The second-order valence-corrected chi connectivity index (χ2v) is 11.0. The number of benzene rings is 2. The van der Waals surface area contributed by atoms with E-state index in [1.165, 1.54) is 38.8 Å². The first-order valence-corrected chi connectivity index (χ1v) is 14.2. The topological polar surface area (TPSA) is 71.1 Å². The van der Waals surface area contributed by atoms with E-state index < -0.39 is 0 Å². The molecule has 1 N–H and O–H groups in total. The van der Waals surface area contributed by atoms with Gasteiger partial charge in [-0.15, -0.1) is 0 Å². The van der Waals surface area contributed by atoms with Crippen LogP contribution in [-0.4, -0.2) is 67.6 Å². The van der Waals surface area contributed by atoms with E-state index in [9.17, 15) is 9.59 Å². The minimum atomic E-state index is 0.0208. The summed E-state index contributed by atoms with van der Waals surface area (Å²) < 4.78 is 10.8. The molecule has 2 aromatic rings. The summed E-state index contributed by atoms with van der Waals surface area (Å²) in [7, 11) is 3.26. The zero-order chi connectivity index (χ0) is 26.5. The van der Waals surface area contributed by atoms with Gasteiger partial charge in [0.05, 0.1) is 14.2 Å². The zero-order valence-corrected chi connectivity index (χ0v) is 22.7. The quantitative estimate of drug-likeness (QED) is 0.528. The van der Waals surface area contributed by atoms with Crippen molar-refractivity contribution < 1.29 is 19.1 Å².